The minimum absolute atomic E-state index is 0.0347. The van der Waals surface area contributed by atoms with Gasteiger partial charge in [-0.3, -0.25) is 4.79 Å². The van der Waals surface area contributed by atoms with Gasteiger partial charge in [-0.05, 0) is 42.3 Å². The molecule has 0 saturated carbocycles. The maximum Gasteiger partial charge on any atom is 0.257 e. The van der Waals surface area contributed by atoms with E-state index in [0.717, 1.165) is 0 Å². The lowest BCUT2D eigenvalue weighted by Crippen LogP contribution is -2.52. The Hall–Kier alpha value is -2.27. The summed E-state index contributed by atoms with van der Waals surface area (Å²) in [6.07, 6.45) is 0. The van der Waals surface area contributed by atoms with Crippen molar-refractivity contribution in [3.05, 3.63) is 59.7 Å². The van der Waals surface area contributed by atoms with E-state index in [1.165, 1.54) is 24.3 Å². The third kappa shape index (κ3) is 3.24. The second kappa shape index (κ2) is 6.46. The van der Waals surface area contributed by atoms with Gasteiger partial charge in [0.05, 0.1) is 5.56 Å². The maximum absolute atomic E-state index is 14.4. The highest BCUT2D eigenvalue weighted by Gasteiger charge is 2.26. The zero-order valence-electron chi connectivity index (χ0n) is 12.9. The molecule has 1 heterocycles. The van der Waals surface area contributed by atoms with E-state index in [2.05, 4.69) is 5.32 Å². The Morgan fingerprint density at radius 2 is 1.83 bits per heavy atom. The molecule has 0 aliphatic carbocycles. The Balaban J connectivity index is 1.87. The van der Waals surface area contributed by atoms with Crippen molar-refractivity contribution >= 4 is 5.91 Å². The normalized spacial score (nSPS) is 18.0. The Kier molecular flexibility index (Phi) is 4.39. The first-order valence-corrected chi connectivity index (χ1v) is 7.63. The highest BCUT2D eigenvalue weighted by Crippen LogP contribution is 2.23. The SMILES string of the molecule is C[C@@H]1CNCCN1C(=O)c1ccc(-c2ccc(F)cc2)cc1F. The summed E-state index contributed by atoms with van der Waals surface area (Å²) in [6.45, 7) is 3.93. The van der Waals surface area contributed by atoms with Crippen LogP contribution in [0.3, 0.4) is 0 Å². The molecule has 5 heteroatoms. The van der Waals surface area contributed by atoms with E-state index in [4.69, 9.17) is 0 Å². The van der Waals surface area contributed by atoms with Crippen LogP contribution in [0.1, 0.15) is 17.3 Å². The Labute approximate surface area is 133 Å². The van der Waals surface area contributed by atoms with Crippen LogP contribution in [-0.4, -0.2) is 36.5 Å². The number of nitrogens with one attached hydrogen (secondary N) is 1. The van der Waals surface area contributed by atoms with Gasteiger partial charge in [0, 0.05) is 25.7 Å². The van der Waals surface area contributed by atoms with Crippen molar-refractivity contribution < 1.29 is 13.6 Å². The Morgan fingerprint density at radius 3 is 2.48 bits per heavy atom. The van der Waals surface area contributed by atoms with E-state index in [1.807, 2.05) is 6.92 Å². The van der Waals surface area contributed by atoms with Gasteiger partial charge in [-0.1, -0.05) is 18.2 Å². The van der Waals surface area contributed by atoms with Gasteiger partial charge in [-0.2, -0.15) is 0 Å². The van der Waals surface area contributed by atoms with Gasteiger partial charge >= 0.3 is 0 Å². The van der Waals surface area contributed by atoms with Crippen LogP contribution in [0.25, 0.3) is 11.1 Å². The fourth-order valence-electron chi connectivity index (χ4n) is 2.81. The van der Waals surface area contributed by atoms with Gasteiger partial charge in [0.25, 0.3) is 5.91 Å². The minimum Gasteiger partial charge on any atom is -0.333 e. The average molecular weight is 316 g/mol. The molecule has 1 N–H and O–H groups in total. The van der Waals surface area contributed by atoms with E-state index >= 15 is 0 Å². The summed E-state index contributed by atoms with van der Waals surface area (Å²) in [5, 5.41) is 3.20. The lowest BCUT2D eigenvalue weighted by atomic mass is 10.0. The molecule has 1 amide bonds. The van der Waals surface area contributed by atoms with E-state index in [9.17, 15) is 13.6 Å². The van der Waals surface area contributed by atoms with Crippen LogP contribution in [0.2, 0.25) is 0 Å². The van der Waals surface area contributed by atoms with Crippen molar-refractivity contribution in [3.8, 4) is 11.1 Å². The number of piperazine rings is 1. The van der Waals surface area contributed by atoms with Crippen molar-refractivity contribution in [2.75, 3.05) is 19.6 Å². The van der Waals surface area contributed by atoms with Crippen molar-refractivity contribution in [2.24, 2.45) is 0 Å². The predicted octanol–water partition coefficient (Wildman–Crippen LogP) is 3.07. The molecule has 1 fully saturated rings. The number of rotatable bonds is 2. The molecule has 0 unspecified atom stereocenters. The molecule has 120 valence electrons. The third-order valence-electron chi connectivity index (χ3n) is 4.14. The van der Waals surface area contributed by atoms with Gasteiger partial charge < -0.3 is 10.2 Å². The molecule has 1 atom stereocenters. The monoisotopic (exact) mass is 316 g/mol. The Morgan fingerprint density at radius 1 is 1.13 bits per heavy atom. The molecule has 0 bridgehead atoms. The molecule has 0 spiro atoms. The molecule has 2 aromatic carbocycles. The van der Waals surface area contributed by atoms with Gasteiger partial charge in [0.1, 0.15) is 11.6 Å². The van der Waals surface area contributed by atoms with Crippen LogP contribution in [0, 0.1) is 11.6 Å². The number of hydrogen-bond donors (Lipinski definition) is 1. The summed E-state index contributed by atoms with van der Waals surface area (Å²) in [6, 6.07) is 10.4. The number of amides is 1. The highest BCUT2D eigenvalue weighted by molar-refractivity contribution is 5.95. The van der Waals surface area contributed by atoms with E-state index in [-0.39, 0.29) is 23.3 Å². The number of carbonyl (C=O) groups is 1. The predicted molar refractivity (Wildman–Crippen MR) is 85.2 cm³/mol. The fourth-order valence-corrected chi connectivity index (χ4v) is 2.81. The molecule has 2 aromatic rings. The second-order valence-electron chi connectivity index (χ2n) is 5.75. The van der Waals surface area contributed by atoms with Crippen molar-refractivity contribution in [3.63, 3.8) is 0 Å². The first kappa shape index (κ1) is 15.6. The zero-order chi connectivity index (χ0) is 16.4. The molecule has 3 nitrogen and oxygen atoms in total. The Bertz CT molecular complexity index is 715. The number of nitrogens with zero attached hydrogens (tertiary/aromatic N) is 1. The van der Waals surface area contributed by atoms with Gasteiger partial charge in [-0.15, -0.1) is 0 Å². The highest BCUT2D eigenvalue weighted by atomic mass is 19.1. The average Bonchev–Trinajstić information content (AvgIpc) is 2.55. The summed E-state index contributed by atoms with van der Waals surface area (Å²) in [5.41, 5.74) is 1.40. The summed E-state index contributed by atoms with van der Waals surface area (Å²) in [4.78, 5) is 14.2. The van der Waals surface area contributed by atoms with Gasteiger partial charge in [0.2, 0.25) is 0 Å². The summed E-state index contributed by atoms with van der Waals surface area (Å²) in [5.74, 6) is -1.18. The summed E-state index contributed by atoms with van der Waals surface area (Å²) < 4.78 is 27.4. The molecule has 1 saturated heterocycles. The molecular formula is C18H18F2N2O. The van der Waals surface area contributed by atoms with Crippen molar-refractivity contribution in [1.29, 1.82) is 0 Å². The molecule has 1 aliphatic rings. The molecule has 3 rings (SSSR count). The lowest BCUT2D eigenvalue weighted by Gasteiger charge is -2.34. The topological polar surface area (TPSA) is 32.3 Å². The quantitative estimate of drug-likeness (QED) is 0.923. The molecule has 0 radical (unpaired) electrons. The largest absolute Gasteiger partial charge is 0.333 e. The summed E-state index contributed by atoms with van der Waals surface area (Å²) in [7, 11) is 0. The van der Waals surface area contributed by atoms with Crippen LogP contribution >= 0.6 is 0 Å². The standard InChI is InChI=1S/C18H18F2N2O/c1-12-11-21-8-9-22(12)18(23)16-7-4-14(10-17(16)20)13-2-5-15(19)6-3-13/h2-7,10,12,21H,8-9,11H2,1H3/t12-/m1/s1. The second-order valence-corrected chi connectivity index (χ2v) is 5.75. The number of benzene rings is 2. The van der Waals surface area contributed by atoms with E-state index in [0.29, 0.717) is 30.8 Å². The van der Waals surface area contributed by atoms with Crippen molar-refractivity contribution in [2.45, 2.75) is 13.0 Å². The molecule has 0 aromatic heterocycles. The van der Waals surface area contributed by atoms with E-state index in [1.54, 1.807) is 23.1 Å². The number of carbonyl (C=O) groups excluding carboxylic acids is 1. The van der Waals surface area contributed by atoms with Crippen LogP contribution < -0.4 is 5.32 Å². The van der Waals surface area contributed by atoms with Crippen LogP contribution in [-0.2, 0) is 0 Å². The van der Waals surface area contributed by atoms with Crippen LogP contribution in [0.5, 0.6) is 0 Å². The van der Waals surface area contributed by atoms with Crippen molar-refractivity contribution in [1.82, 2.24) is 10.2 Å². The fraction of sp³-hybridized carbons (Fsp3) is 0.278. The van der Waals surface area contributed by atoms with E-state index < -0.39 is 5.82 Å². The lowest BCUT2D eigenvalue weighted by molar-refractivity contribution is 0.0651. The van der Waals surface area contributed by atoms with Gasteiger partial charge in [0.15, 0.2) is 0 Å². The maximum atomic E-state index is 14.4. The number of halogens is 2. The van der Waals surface area contributed by atoms with Crippen LogP contribution in [0.4, 0.5) is 8.78 Å². The van der Waals surface area contributed by atoms with Crippen LogP contribution in [0.15, 0.2) is 42.5 Å². The molecule has 1 aliphatic heterocycles. The first-order valence-electron chi connectivity index (χ1n) is 7.63. The van der Waals surface area contributed by atoms with Gasteiger partial charge in [-0.25, -0.2) is 8.78 Å². The minimum atomic E-state index is -0.553. The smallest absolute Gasteiger partial charge is 0.257 e. The summed E-state index contributed by atoms with van der Waals surface area (Å²) >= 11 is 0. The third-order valence-corrected chi connectivity index (χ3v) is 4.14. The molecular weight excluding hydrogens is 298 g/mol. The number of hydrogen-bond acceptors (Lipinski definition) is 2. The molecule has 23 heavy (non-hydrogen) atoms. The zero-order valence-corrected chi connectivity index (χ0v) is 12.9. The first-order chi connectivity index (χ1) is 11.1.